The van der Waals surface area contributed by atoms with Crippen molar-refractivity contribution in [1.82, 2.24) is 9.21 Å². The second-order valence-corrected chi connectivity index (χ2v) is 11.1. The fourth-order valence-electron chi connectivity index (χ4n) is 3.40. The Morgan fingerprint density at radius 3 is 2.53 bits per heavy atom. The molecule has 30 heavy (non-hydrogen) atoms. The van der Waals surface area contributed by atoms with Crippen LogP contribution in [0.2, 0.25) is 9.36 Å². The van der Waals surface area contributed by atoms with Crippen molar-refractivity contribution >= 4 is 50.5 Å². The lowest BCUT2D eigenvalue weighted by Crippen LogP contribution is -2.44. The summed E-state index contributed by atoms with van der Waals surface area (Å²) >= 11 is 13.1. The molecule has 0 saturated carbocycles. The van der Waals surface area contributed by atoms with E-state index >= 15 is 0 Å². The number of hydrogen-bond donors (Lipinski definition) is 0. The highest BCUT2D eigenvalue weighted by Crippen LogP contribution is 2.28. The Morgan fingerprint density at radius 2 is 1.97 bits per heavy atom. The Balaban J connectivity index is 1.66. The van der Waals surface area contributed by atoms with Crippen molar-refractivity contribution in [3.05, 3.63) is 63.0 Å². The van der Waals surface area contributed by atoms with Gasteiger partial charge < -0.3 is 4.90 Å². The molecule has 0 spiro atoms. The number of carbonyl (C=O) groups excluding carboxylic acids is 1. The highest BCUT2D eigenvalue weighted by atomic mass is 35.5. The SMILES string of the molecule is C=CCN(Cc1ccc(Cl)s1)C(=O)C1CCN(S(=O)(=O)c2ccc(F)c(Cl)c2)CC1. The molecular formula is C20H21Cl2FN2O3S2. The van der Waals surface area contributed by atoms with Crippen LogP contribution in [0.15, 0.2) is 47.9 Å². The Hall–Kier alpha value is -1.45. The van der Waals surface area contributed by atoms with E-state index in [-0.39, 0.29) is 34.8 Å². The molecule has 2 aromatic rings. The standard InChI is InChI=1S/C20H21Cl2FN2O3S2/c1-2-9-24(13-15-3-6-19(22)29-15)20(26)14-7-10-25(11-8-14)30(27,28)16-4-5-18(23)17(21)12-16/h2-6,12,14H,1,7-11,13H2. The zero-order valence-electron chi connectivity index (χ0n) is 16.1. The Labute approximate surface area is 189 Å². The Bertz CT molecular complexity index is 1030. The highest BCUT2D eigenvalue weighted by molar-refractivity contribution is 7.89. The minimum absolute atomic E-state index is 0.0266. The zero-order valence-corrected chi connectivity index (χ0v) is 19.2. The molecule has 0 aliphatic carbocycles. The molecule has 0 unspecified atom stereocenters. The average Bonchev–Trinajstić information content (AvgIpc) is 3.14. The second-order valence-electron chi connectivity index (χ2n) is 6.97. The van der Waals surface area contributed by atoms with Gasteiger partial charge in [0, 0.05) is 30.4 Å². The van der Waals surface area contributed by atoms with Crippen LogP contribution in [0.1, 0.15) is 17.7 Å². The molecule has 162 valence electrons. The molecule has 1 aromatic heterocycles. The third-order valence-corrected chi connectivity index (χ3v) is 8.37. The number of halogens is 3. The first-order valence-corrected chi connectivity index (χ1v) is 12.3. The Morgan fingerprint density at radius 1 is 1.27 bits per heavy atom. The summed E-state index contributed by atoms with van der Waals surface area (Å²) in [5, 5.41) is -0.241. The number of hydrogen-bond acceptors (Lipinski definition) is 4. The summed E-state index contributed by atoms with van der Waals surface area (Å²) in [7, 11) is -3.80. The molecule has 2 heterocycles. The number of rotatable bonds is 7. The zero-order chi connectivity index (χ0) is 21.9. The van der Waals surface area contributed by atoms with Gasteiger partial charge in [-0.05, 0) is 43.2 Å². The third-order valence-electron chi connectivity index (χ3n) is 4.97. The summed E-state index contributed by atoms with van der Waals surface area (Å²) in [6.45, 7) is 4.99. The monoisotopic (exact) mass is 490 g/mol. The van der Waals surface area contributed by atoms with Gasteiger partial charge in [-0.15, -0.1) is 17.9 Å². The molecule has 1 aliphatic heterocycles. The first-order chi connectivity index (χ1) is 14.2. The van der Waals surface area contributed by atoms with Gasteiger partial charge in [0.25, 0.3) is 0 Å². The van der Waals surface area contributed by atoms with E-state index in [1.54, 1.807) is 17.0 Å². The van der Waals surface area contributed by atoms with E-state index in [1.165, 1.54) is 21.7 Å². The highest BCUT2D eigenvalue weighted by Gasteiger charge is 2.34. The number of thiophene rings is 1. The molecule has 1 aliphatic rings. The van der Waals surface area contributed by atoms with Crippen LogP contribution < -0.4 is 0 Å². The molecule has 10 heteroatoms. The molecule has 0 atom stereocenters. The van der Waals surface area contributed by atoms with Crippen LogP contribution in [0.3, 0.4) is 0 Å². The summed E-state index contributed by atoms with van der Waals surface area (Å²) in [6, 6.07) is 7.03. The van der Waals surface area contributed by atoms with Crippen LogP contribution in [-0.2, 0) is 21.4 Å². The summed E-state index contributed by atoms with van der Waals surface area (Å²) in [6.07, 6.45) is 2.49. The lowest BCUT2D eigenvalue weighted by molar-refractivity contribution is -0.136. The van der Waals surface area contributed by atoms with E-state index in [1.807, 2.05) is 6.07 Å². The van der Waals surface area contributed by atoms with Crippen molar-refractivity contribution in [3.8, 4) is 0 Å². The lowest BCUT2D eigenvalue weighted by Gasteiger charge is -2.33. The number of sulfonamides is 1. The van der Waals surface area contributed by atoms with Crippen molar-refractivity contribution in [2.75, 3.05) is 19.6 Å². The number of nitrogens with zero attached hydrogens (tertiary/aromatic N) is 2. The Kier molecular flexibility index (Phi) is 7.57. The lowest BCUT2D eigenvalue weighted by atomic mass is 9.96. The van der Waals surface area contributed by atoms with Gasteiger partial charge in [-0.3, -0.25) is 4.79 Å². The molecule has 1 saturated heterocycles. The maximum Gasteiger partial charge on any atom is 0.243 e. The van der Waals surface area contributed by atoms with Crippen LogP contribution in [0, 0.1) is 11.7 Å². The molecule has 0 N–H and O–H groups in total. The van der Waals surface area contributed by atoms with Gasteiger partial charge in [0.05, 0.1) is 20.8 Å². The van der Waals surface area contributed by atoms with Gasteiger partial charge in [0.1, 0.15) is 5.82 Å². The van der Waals surface area contributed by atoms with E-state index in [9.17, 15) is 17.6 Å². The van der Waals surface area contributed by atoms with Crippen LogP contribution in [0.25, 0.3) is 0 Å². The van der Waals surface area contributed by atoms with Crippen LogP contribution in [0.5, 0.6) is 0 Å². The number of amides is 1. The van der Waals surface area contributed by atoms with Crippen molar-refractivity contribution in [3.63, 3.8) is 0 Å². The predicted molar refractivity (Wildman–Crippen MR) is 118 cm³/mol. The normalized spacial score (nSPS) is 15.8. The van der Waals surface area contributed by atoms with Gasteiger partial charge in [0.2, 0.25) is 15.9 Å². The molecule has 1 amide bonds. The maximum absolute atomic E-state index is 13.4. The van der Waals surface area contributed by atoms with E-state index in [0.29, 0.717) is 30.3 Å². The minimum atomic E-state index is -3.80. The molecular weight excluding hydrogens is 470 g/mol. The van der Waals surface area contributed by atoms with E-state index in [0.717, 1.165) is 17.0 Å². The molecule has 3 rings (SSSR count). The average molecular weight is 491 g/mol. The largest absolute Gasteiger partial charge is 0.334 e. The number of benzene rings is 1. The summed E-state index contributed by atoms with van der Waals surface area (Å²) in [5.41, 5.74) is 0. The molecule has 0 radical (unpaired) electrons. The molecule has 0 bridgehead atoms. The van der Waals surface area contributed by atoms with E-state index in [2.05, 4.69) is 6.58 Å². The predicted octanol–water partition coefficient (Wildman–Crippen LogP) is 4.81. The molecule has 1 aromatic carbocycles. The first kappa shape index (κ1) is 23.2. The van der Waals surface area contributed by atoms with Crippen molar-refractivity contribution in [2.45, 2.75) is 24.3 Å². The molecule has 5 nitrogen and oxygen atoms in total. The first-order valence-electron chi connectivity index (χ1n) is 9.31. The van der Waals surface area contributed by atoms with E-state index in [4.69, 9.17) is 23.2 Å². The number of piperidine rings is 1. The van der Waals surface area contributed by atoms with E-state index < -0.39 is 15.8 Å². The van der Waals surface area contributed by atoms with Gasteiger partial charge in [-0.1, -0.05) is 29.3 Å². The van der Waals surface area contributed by atoms with Gasteiger partial charge >= 0.3 is 0 Å². The van der Waals surface area contributed by atoms with Crippen molar-refractivity contribution in [2.24, 2.45) is 5.92 Å². The summed E-state index contributed by atoms with van der Waals surface area (Å²) in [5.74, 6) is -0.973. The fourth-order valence-corrected chi connectivity index (χ4v) is 6.25. The maximum atomic E-state index is 13.4. The van der Waals surface area contributed by atoms with Crippen LogP contribution in [-0.4, -0.2) is 43.2 Å². The number of carbonyl (C=O) groups is 1. The molecule has 1 fully saturated rings. The third kappa shape index (κ3) is 5.23. The fraction of sp³-hybridized carbons (Fsp3) is 0.350. The van der Waals surface area contributed by atoms with Gasteiger partial charge in [-0.25, -0.2) is 12.8 Å². The smallest absolute Gasteiger partial charge is 0.243 e. The van der Waals surface area contributed by atoms with Crippen LogP contribution >= 0.6 is 34.5 Å². The quantitative estimate of drug-likeness (QED) is 0.523. The topological polar surface area (TPSA) is 57.7 Å². The second kappa shape index (κ2) is 9.78. The van der Waals surface area contributed by atoms with Gasteiger partial charge in [0.15, 0.2) is 0 Å². The minimum Gasteiger partial charge on any atom is -0.334 e. The van der Waals surface area contributed by atoms with Crippen molar-refractivity contribution < 1.29 is 17.6 Å². The van der Waals surface area contributed by atoms with Crippen molar-refractivity contribution in [1.29, 1.82) is 0 Å². The summed E-state index contributed by atoms with van der Waals surface area (Å²) in [4.78, 5) is 15.7. The summed E-state index contributed by atoms with van der Waals surface area (Å²) < 4.78 is 41.0. The van der Waals surface area contributed by atoms with Crippen LogP contribution in [0.4, 0.5) is 4.39 Å². The van der Waals surface area contributed by atoms with Gasteiger partial charge in [-0.2, -0.15) is 4.31 Å².